The molecule has 0 aromatic carbocycles. The molecule has 0 saturated carbocycles. The van der Waals surface area contributed by atoms with E-state index in [1.165, 1.54) is 5.56 Å². The quantitative estimate of drug-likeness (QED) is 0.667. The second-order valence-electron chi connectivity index (χ2n) is 3.79. The molecular weight excluding hydrogens is 172 g/mol. The van der Waals surface area contributed by atoms with E-state index in [0.717, 1.165) is 12.4 Å². The van der Waals surface area contributed by atoms with Gasteiger partial charge in [0.1, 0.15) is 5.82 Å². The van der Waals surface area contributed by atoms with E-state index in [0.29, 0.717) is 5.02 Å². The van der Waals surface area contributed by atoms with Crippen LogP contribution in [0.15, 0.2) is 12.3 Å². The molecule has 0 atom stereocenters. The Labute approximate surface area is 77.0 Å². The topological polar surface area (TPSA) is 24.9 Å². The Kier molecular flexibility index (Phi) is 1.55. The number of nitrogens with zero attached hydrogens (tertiary/aromatic N) is 1. The van der Waals surface area contributed by atoms with Gasteiger partial charge in [0.15, 0.2) is 0 Å². The van der Waals surface area contributed by atoms with E-state index in [-0.39, 0.29) is 5.41 Å². The summed E-state index contributed by atoms with van der Waals surface area (Å²) in [5.41, 5.74) is 1.38. The largest absolute Gasteiger partial charge is 0.369 e. The highest BCUT2D eigenvalue weighted by atomic mass is 35.5. The van der Waals surface area contributed by atoms with Crippen LogP contribution in [0.25, 0.3) is 0 Å². The molecule has 0 radical (unpaired) electrons. The van der Waals surface area contributed by atoms with Crippen LogP contribution in [0.3, 0.4) is 0 Å². The number of fused-ring (bicyclic) bond motifs is 1. The predicted octanol–water partition coefficient (Wildman–Crippen LogP) is 2.44. The molecule has 1 N–H and O–H groups in total. The van der Waals surface area contributed by atoms with E-state index in [1.54, 1.807) is 6.20 Å². The second-order valence-corrected chi connectivity index (χ2v) is 4.22. The van der Waals surface area contributed by atoms with Crippen molar-refractivity contribution in [1.82, 2.24) is 4.98 Å². The molecule has 0 bridgehead atoms. The minimum atomic E-state index is 0.160. The molecule has 1 aliphatic rings. The summed E-state index contributed by atoms with van der Waals surface area (Å²) in [6.07, 6.45) is 1.68. The van der Waals surface area contributed by atoms with Crippen molar-refractivity contribution in [2.45, 2.75) is 19.3 Å². The number of anilines is 1. The van der Waals surface area contributed by atoms with Crippen molar-refractivity contribution >= 4 is 17.4 Å². The molecule has 12 heavy (non-hydrogen) atoms. The van der Waals surface area contributed by atoms with Gasteiger partial charge in [-0.1, -0.05) is 25.4 Å². The molecule has 0 fully saturated rings. The third-order valence-corrected chi connectivity index (χ3v) is 2.49. The van der Waals surface area contributed by atoms with Crippen molar-refractivity contribution < 1.29 is 0 Å². The Morgan fingerprint density at radius 2 is 2.33 bits per heavy atom. The molecule has 0 spiro atoms. The van der Waals surface area contributed by atoms with Crippen LogP contribution >= 0.6 is 11.6 Å². The molecular formula is C9H11ClN2. The van der Waals surface area contributed by atoms with Crippen molar-refractivity contribution in [1.29, 1.82) is 0 Å². The molecule has 1 aliphatic heterocycles. The molecule has 0 unspecified atom stereocenters. The van der Waals surface area contributed by atoms with Crippen LogP contribution < -0.4 is 5.32 Å². The highest BCUT2D eigenvalue weighted by molar-refractivity contribution is 6.30. The molecule has 0 amide bonds. The van der Waals surface area contributed by atoms with Crippen LogP contribution in [0.2, 0.25) is 5.02 Å². The maximum atomic E-state index is 5.86. The normalized spacial score (nSPS) is 18.6. The average molecular weight is 183 g/mol. The molecule has 64 valence electrons. The zero-order valence-corrected chi connectivity index (χ0v) is 7.94. The van der Waals surface area contributed by atoms with E-state index in [9.17, 15) is 0 Å². The lowest BCUT2D eigenvalue weighted by Gasteiger charge is -2.16. The lowest BCUT2D eigenvalue weighted by atomic mass is 9.88. The Morgan fingerprint density at radius 3 is 3.08 bits per heavy atom. The summed E-state index contributed by atoms with van der Waals surface area (Å²) in [7, 11) is 0. The van der Waals surface area contributed by atoms with Crippen molar-refractivity contribution in [3.63, 3.8) is 0 Å². The Balaban J connectivity index is 2.57. The van der Waals surface area contributed by atoms with Crippen LogP contribution in [0.5, 0.6) is 0 Å². The minimum Gasteiger partial charge on any atom is -0.369 e. The average Bonchev–Trinajstić information content (AvgIpc) is 2.28. The molecule has 2 heterocycles. The lowest BCUT2D eigenvalue weighted by Crippen LogP contribution is -2.18. The minimum absolute atomic E-state index is 0.160. The van der Waals surface area contributed by atoms with E-state index >= 15 is 0 Å². The van der Waals surface area contributed by atoms with Gasteiger partial charge < -0.3 is 5.32 Å². The fourth-order valence-electron chi connectivity index (χ4n) is 1.50. The standard InChI is InChI=1S/C9H11ClN2/c1-9(2)5-12-8-7(9)3-6(10)4-11-8/h3-4H,5H2,1-2H3,(H,11,12). The molecule has 0 saturated heterocycles. The van der Waals surface area contributed by atoms with Gasteiger partial charge in [0, 0.05) is 23.7 Å². The van der Waals surface area contributed by atoms with Crippen molar-refractivity contribution in [2.75, 3.05) is 11.9 Å². The third kappa shape index (κ3) is 1.07. The maximum Gasteiger partial charge on any atom is 0.129 e. The monoisotopic (exact) mass is 182 g/mol. The number of hydrogen-bond donors (Lipinski definition) is 1. The van der Waals surface area contributed by atoms with Crippen LogP contribution in [0.4, 0.5) is 5.82 Å². The van der Waals surface area contributed by atoms with Gasteiger partial charge in [-0.3, -0.25) is 0 Å². The lowest BCUT2D eigenvalue weighted by molar-refractivity contribution is 0.586. The summed E-state index contributed by atoms with van der Waals surface area (Å²) >= 11 is 5.86. The van der Waals surface area contributed by atoms with Gasteiger partial charge in [0.25, 0.3) is 0 Å². The second kappa shape index (κ2) is 2.36. The van der Waals surface area contributed by atoms with E-state index < -0.39 is 0 Å². The van der Waals surface area contributed by atoms with E-state index in [2.05, 4.69) is 24.1 Å². The summed E-state index contributed by atoms with van der Waals surface area (Å²) in [6.45, 7) is 5.31. The van der Waals surface area contributed by atoms with Gasteiger partial charge in [-0.15, -0.1) is 0 Å². The smallest absolute Gasteiger partial charge is 0.129 e. The van der Waals surface area contributed by atoms with Gasteiger partial charge in [-0.25, -0.2) is 4.98 Å². The summed E-state index contributed by atoms with van der Waals surface area (Å²) in [5.74, 6) is 0.976. The van der Waals surface area contributed by atoms with Crippen molar-refractivity contribution in [2.24, 2.45) is 0 Å². The van der Waals surface area contributed by atoms with Crippen LogP contribution in [-0.4, -0.2) is 11.5 Å². The molecule has 1 aromatic rings. The van der Waals surface area contributed by atoms with Crippen LogP contribution in [0.1, 0.15) is 19.4 Å². The zero-order valence-electron chi connectivity index (χ0n) is 7.19. The fourth-order valence-corrected chi connectivity index (χ4v) is 1.65. The Bertz CT molecular complexity index is 320. The SMILES string of the molecule is CC1(C)CNc2ncc(Cl)cc21. The number of rotatable bonds is 0. The maximum absolute atomic E-state index is 5.86. The van der Waals surface area contributed by atoms with Gasteiger partial charge in [-0.05, 0) is 6.07 Å². The summed E-state index contributed by atoms with van der Waals surface area (Å²) in [6, 6.07) is 1.99. The summed E-state index contributed by atoms with van der Waals surface area (Å²) in [4.78, 5) is 4.21. The van der Waals surface area contributed by atoms with Gasteiger partial charge >= 0.3 is 0 Å². The third-order valence-electron chi connectivity index (χ3n) is 2.28. The Hall–Kier alpha value is -0.760. The van der Waals surface area contributed by atoms with Gasteiger partial charge in [0.2, 0.25) is 0 Å². The number of pyridine rings is 1. The van der Waals surface area contributed by atoms with E-state index in [4.69, 9.17) is 11.6 Å². The zero-order chi connectivity index (χ0) is 8.77. The highest BCUT2D eigenvalue weighted by Gasteiger charge is 2.30. The Morgan fingerprint density at radius 1 is 1.58 bits per heavy atom. The van der Waals surface area contributed by atoms with E-state index in [1.807, 2.05) is 6.07 Å². The summed E-state index contributed by atoms with van der Waals surface area (Å²) < 4.78 is 0. The summed E-state index contributed by atoms with van der Waals surface area (Å²) in [5, 5.41) is 3.96. The number of hydrogen-bond acceptors (Lipinski definition) is 2. The van der Waals surface area contributed by atoms with Crippen LogP contribution in [-0.2, 0) is 5.41 Å². The first-order chi connectivity index (χ1) is 5.59. The van der Waals surface area contributed by atoms with Crippen molar-refractivity contribution in [3.8, 4) is 0 Å². The first-order valence-electron chi connectivity index (χ1n) is 3.99. The molecule has 3 heteroatoms. The highest BCUT2D eigenvalue weighted by Crippen LogP contribution is 2.35. The first kappa shape index (κ1) is 7.87. The predicted molar refractivity (Wildman–Crippen MR) is 50.8 cm³/mol. The number of nitrogens with one attached hydrogen (secondary N) is 1. The molecule has 2 rings (SSSR count). The van der Waals surface area contributed by atoms with Gasteiger partial charge in [-0.2, -0.15) is 0 Å². The van der Waals surface area contributed by atoms with Gasteiger partial charge in [0.05, 0.1) is 5.02 Å². The number of aromatic nitrogens is 1. The molecule has 2 nitrogen and oxygen atoms in total. The molecule has 1 aromatic heterocycles. The number of halogens is 1. The molecule has 0 aliphatic carbocycles. The van der Waals surface area contributed by atoms with Crippen LogP contribution in [0, 0.1) is 0 Å². The fraction of sp³-hybridized carbons (Fsp3) is 0.444. The first-order valence-corrected chi connectivity index (χ1v) is 4.37. The van der Waals surface area contributed by atoms with Crippen molar-refractivity contribution in [3.05, 3.63) is 22.8 Å².